The van der Waals surface area contributed by atoms with Crippen molar-refractivity contribution in [3.63, 3.8) is 0 Å². The molecule has 0 saturated carbocycles. The highest BCUT2D eigenvalue weighted by atomic mass is 32.1. The smallest absolute Gasteiger partial charge is 0.271 e. The Labute approximate surface area is 172 Å². The predicted molar refractivity (Wildman–Crippen MR) is 114 cm³/mol. The van der Waals surface area contributed by atoms with E-state index in [-0.39, 0.29) is 17.8 Å². The maximum absolute atomic E-state index is 13.0. The highest BCUT2D eigenvalue weighted by molar-refractivity contribution is 7.18. The Kier molecular flexibility index (Phi) is 4.95. The van der Waals surface area contributed by atoms with Crippen molar-refractivity contribution in [2.45, 2.75) is 13.5 Å². The molecule has 0 saturated heterocycles. The molecule has 1 amide bonds. The largest absolute Gasteiger partial charge is 0.324 e. The van der Waals surface area contributed by atoms with Gasteiger partial charge in [0.15, 0.2) is 0 Å². The molecule has 3 heterocycles. The summed E-state index contributed by atoms with van der Waals surface area (Å²) in [6, 6.07) is 8.07. The molecule has 8 nitrogen and oxygen atoms in total. The maximum Gasteiger partial charge on any atom is 0.271 e. The third-order valence-electron chi connectivity index (χ3n) is 4.37. The number of nitrogens with zero attached hydrogens (tertiary/aromatic N) is 3. The van der Waals surface area contributed by atoms with Crippen LogP contribution in [0.15, 0.2) is 52.2 Å². The summed E-state index contributed by atoms with van der Waals surface area (Å²) in [4.78, 5) is 41.8. The number of nitro groups is 1. The molecule has 1 aromatic carbocycles. The Balaban J connectivity index is 1.63. The van der Waals surface area contributed by atoms with Gasteiger partial charge in [-0.3, -0.25) is 24.3 Å². The number of benzene rings is 1. The molecule has 4 aromatic rings. The molecule has 0 aliphatic carbocycles. The van der Waals surface area contributed by atoms with Gasteiger partial charge >= 0.3 is 0 Å². The first-order chi connectivity index (χ1) is 13.9. The van der Waals surface area contributed by atoms with Crippen molar-refractivity contribution in [3.8, 4) is 10.4 Å². The van der Waals surface area contributed by atoms with E-state index in [1.165, 1.54) is 45.7 Å². The van der Waals surface area contributed by atoms with Gasteiger partial charge in [-0.15, -0.1) is 22.7 Å². The van der Waals surface area contributed by atoms with Gasteiger partial charge in [-0.25, -0.2) is 4.98 Å². The van der Waals surface area contributed by atoms with E-state index in [1.807, 2.05) is 22.9 Å². The molecule has 0 unspecified atom stereocenters. The summed E-state index contributed by atoms with van der Waals surface area (Å²) in [6.45, 7) is 1.49. The fourth-order valence-electron chi connectivity index (χ4n) is 2.90. The molecule has 0 spiro atoms. The lowest BCUT2D eigenvalue weighted by Crippen LogP contribution is -2.28. The van der Waals surface area contributed by atoms with E-state index in [2.05, 4.69) is 10.3 Å². The number of amides is 1. The van der Waals surface area contributed by atoms with Gasteiger partial charge in [-0.05, 0) is 23.9 Å². The first-order valence-electron chi connectivity index (χ1n) is 8.49. The Morgan fingerprint density at radius 1 is 1.31 bits per heavy atom. The molecule has 0 aliphatic rings. The first-order valence-corrected chi connectivity index (χ1v) is 10.3. The zero-order valence-corrected chi connectivity index (χ0v) is 16.8. The minimum atomic E-state index is -0.528. The number of nitrogens with one attached hydrogen (secondary N) is 1. The molecular weight excluding hydrogens is 412 g/mol. The van der Waals surface area contributed by atoms with E-state index in [1.54, 1.807) is 13.0 Å². The van der Waals surface area contributed by atoms with E-state index >= 15 is 0 Å². The maximum atomic E-state index is 13.0. The zero-order chi connectivity index (χ0) is 20.5. The number of fused-ring (bicyclic) bond motifs is 1. The average molecular weight is 426 g/mol. The fraction of sp³-hybridized carbons (Fsp3) is 0.105. The van der Waals surface area contributed by atoms with Gasteiger partial charge in [0.05, 0.1) is 22.3 Å². The lowest BCUT2D eigenvalue weighted by Gasteiger charge is -2.09. The normalized spacial score (nSPS) is 10.9. The van der Waals surface area contributed by atoms with Gasteiger partial charge in [0.1, 0.15) is 11.4 Å². The van der Waals surface area contributed by atoms with Crippen molar-refractivity contribution >= 4 is 50.2 Å². The Hall–Kier alpha value is -3.37. The second-order valence-electron chi connectivity index (χ2n) is 6.29. The van der Waals surface area contributed by atoms with Crippen molar-refractivity contribution in [2.24, 2.45) is 0 Å². The summed E-state index contributed by atoms with van der Waals surface area (Å²) < 4.78 is 1.24. The Bertz CT molecular complexity index is 1290. The van der Waals surface area contributed by atoms with Crippen LogP contribution < -0.4 is 10.9 Å². The summed E-state index contributed by atoms with van der Waals surface area (Å²) in [5.74, 6) is -0.468. The van der Waals surface area contributed by atoms with Gasteiger partial charge in [0.2, 0.25) is 5.91 Å². The quantitative estimate of drug-likeness (QED) is 0.383. The van der Waals surface area contributed by atoms with Crippen molar-refractivity contribution in [1.29, 1.82) is 0 Å². The van der Waals surface area contributed by atoms with Crippen LogP contribution in [-0.2, 0) is 11.3 Å². The number of carbonyl (C=O) groups is 1. The number of thiophene rings is 2. The lowest BCUT2D eigenvalue weighted by atomic mass is 10.2. The minimum absolute atomic E-state index is 0.120. The summed E-state index contributed by atoms with van der Waals surface area (Å²) in [5, 5.41) is 17.9. The van der Waals surface area contributed by atoms with Gasteiger partial charge in [-0.2, -0.15) is 0 Å². The first kappa shape index (κ1) is 19.0. The van der Waals surface area contributed by atoms with Crippen LogP contribution in [-0.4, -0.2) is 20.4 Å². The summed E-state index contributed by atoms with van der Waals surface area (Å²) >= 11 is 2.91. The number of anilines is 1. The molecule has 1 N–H and O–H groups in total. The number of hydrogen-bond acceptors (Lipinski definition) is 7. The molecule has 0 atom stereocenters. The number of aryl methyl sites for hydroxylation is 1. The van der Waals surface area contributed by atoms with Crippen molar-refractivity contribution < 1.29 is 9.72 Å². The number of hydrogen-bond donors (Lipinski definition) is 1. The molecular formula is C19H14N4O4S2. The number of carbonyl (C=O) groups excluding carboxylic acids is 1. The van der Waals surface area contributed by atoms with Crippen LogP contribution in [0.25, 0.3) is 20.7 Å². The summed E-state index contributed by atoms with van der Waals surface area (Å²) in [5.41, 5.74) is 1.40. The Morgan fingerprint density at radius 2 is 2.14 bits per heavy atom. The van der Waals surface area contributed by atoms with E-state index in [9.17, 15) is 19.7 Å². The van der Waals surface area contributed by atoms with Crippen LogP contribution in [0.2, 0.25) is 0 Å². The summed E-state index contributed by atoms with van der Waals surface area (Å²) in [7, 11) is 0. The standard InChI is InChI=1S/C19H14N4O4S2/c1-11-4-5-12(23(26)27)7-14(11)21-16(24)8-22-10-20-18-17(19(22)25)13(9-29-18)15-3-2-6-28-15/h2-7,9-10H,8H2,1H3,(H,21,24). The van der Waals surface area contributed by atoms with E-state index in [4.69, 9.17) is 0 Å². The topological polar surface area (TPSA) is 107 Å². The number of aromatic nitrogens is 2. The number of rotatable bonds is 5. The van der Waals surface area contributed by atoms with E-state index < -0.39 is 10.8 Å². The molecule has 146 valence electrons. The molecule has 10 heteroatoms. The second-order valence-corrected chi connectivity index (χ2v) is 8.09. The molecule has 4 rings (SSSR count). The van der Waals surface area contributed by atoms with E-state index in [0.717, 1.165) is 10.4 Å². The fourth-order valence-corrected chi connectivity index (χ4v) is 4.62. The SMILES string of the molecule is Cc1ccc([N+](=O)[O-])cc1NC(=O)Cn1cnc2scc(-c3cccs3)c2c1=O. The molecule has 0 bridgehead atoms. The van der Waals surface area contributed by atoms with Crippen LogP contribution in [0.3, 0.4) is 0 Å². The average Bonchev–Trinajstić information content (AvgIpc) is 3.35. The van der Waals surface area contributed by atoms with Crippen LogP contribution in [0.1, 0.15) is 5.56 Å². The second kappa shape index (κ2) is 7.57. The van der Waals surface area contributed by atoms with Crippen LogP contribution in [0.5, 0.6) is 0 Å². The van der Waals surface area contributed by atoms with Crippen molar-refractivity contribution in [1.82, 2.24) is 9.55 Å². The lowest BCUT2D eigenvalue weighted by molar-refractivity contribution is -0.384. The van der Waals surface area contributed by atoms with Gasteiger partial charge in [0, 0.05) is 28.0 Å². The molecule has 0 aliphatic heterocycles. The molecule has 0 fully saturated rings. The van der Waals surface area contributed by atoms with Gasteiger partial charge < -0.3 is 5.32 Å². The highest BCUT2D eigenvalue weighted by Gasteiger charge is 2.16. The van der Waals surface area contributed by atoms with Gasteiger partial charge in [-0.1, -0.05) is 12.1 Å². The molecule has 3 aromatic heterocycles. The van der Waals surface area contributed by atoms with Gasteiger partial charge in [0.25, 0.3) is 11.2 Å². The summed E-state index contributed by atoms with van der Waals surface area (Å²) in [6.07, 6.45) is 1.35. The van der Waals surface area contributed by atoms with Crippen molar-refractivity contribution in [3.05, 3.63) is 73.5 Å². The molecule has 29 heavy (non-hydrogen) atoms. The van der Waals surface area contributed by atoms with Crippen LogP contribution in [0, 0.1) is 17.0 Å². The minimum Gasteiger partial charge on any atom is -0.324 e. The predicted octanol–water partition coefficient (Wildman–Crippen LogP) is 4.04. The molecule has 0 radical (unpaired) electrons. The third-order valence-corrected chi connectivity index (χ3v) is 6.16. The van der Waals surface area contributed by atoms with E-state index in [0.29, 0.717) is 21.5 Å². The third kappa shape index (κ3) is 3.67. The number of nitro benzene ring substituents is 1. The van der Waals surface area contributed by atoms with Crippen LogP contribution in [0.4, 0.5) is 11.4 Å². The Morgan fingerprint density at radius 3 is 2.86 bits per heavy atom. The monoisotopic (exact) mass is 426 g/mol. The van der Waals surface area contributed by atoms with Crippen molar-refractivity contribution in [2.75, 3.05) is 5.32 Å². The van der Waals surface area contributed by atoms with Crippen LogP contribution >= 0.6 is 22.7 Å². The zero-order valence-electron chi connectivity index (χ0n) is 15.1. The number of non-ortho nitro benzene ring substituents is 1. The highest BCUT2D eigenvalue weighted by Crippen LogP contribution is 2.33.